The molecular weight excluding hydrogens is 308 g/mol. The van der Waals surface area contributed by atoms with Crippen LogP contribution in [0.2, 0.25) is 0 Å². The van der Waals surface area contributed by atoms with Crippen LogP contribution in [0.15, 0.2) is 35.4 Å². The van der Waals surface area contributed by atoms with Crippen LogP contribution in [0.4, 0.5) is 0 Å². The maximum absolute atomic E-state index is 12.4. The Hall–Kier alpha value is -2.54. The first kappa shape index (κ1) is 16.3. The van der Waals surface area contributed by atoms with Crippen molar-refractivity contribution in [3.63, 3.8) is 0 Å². The van der Waals surface area contributed by atoms with E-state index in [-0.39, 0.29) is 17.6 Å². The first-order chi connectivity index (χ1) is 11.6. The number of hydrogen-bond donors (Lipinski definition) is 1. The lowest BCUT2D eigenvalue weighted by Crippen LogP contribution is -2.42. The Balaban J connectivity index is 1.62. The van der Waals surface area contributed by atoms with E-state index < -0.39 is 0 Å². The Morgan fingerprint density at radius 2 is 2.38 bits per heavy atom. The molecule has 0 saturated carbocycles. The minimum Gasteiger partial charge on any atom is -0.368 e. The number of nitrogens with one attached hydrogen (secondary N) is 1. The molecule has 1 N–H and O–H groups in total. The van der Waals surface area contributed by atoms with E-state index in [1.807, 2.05) is 12.1 Å². The van der Waals surface area contributed by atoms with Gasteiger partial charge in [-0.2, -0.15) is 0 Å². The SMILES string of the molecule is Cc1nc([C@H]2CN(C(=O)CCc3cccnc3)CCO2)cc(=O)[nH]1. The molecular formula is C17H20N4O3. The van der Waals surface area contributed by atoms with Gasteiger partial charge in [0, 0.05) is 31.4 Å². The van der Waals surface area contributed by atoms with E-state index >= 15 is 0 Å². The maximum atomic E-state index is 12.4. The van der Waals surface area contributed by atoms with Gasteiger partial charge in [-0.15, -0.1) is 0 Å². The van der Waals surface area contributed by atoms with Crippen molar-refractivity contribution >= 4 is 5.91 Å². The van der Waals surface area contributed by atoms with Gasteiger partial charge in [0.2, 0.25) is 5.91 Å². The Morgan fingerprint density at radius 3 is 3.12 bits per heavy atom. The number of aryl methyl sites for hydroxylation is 2. The van der Waals surface area contributed by atoms with Gasteiger partial charge >= 0.3 is 0 Å². The molecule has 1 saturated heterocycles. The summed E-state index contributed by atoms with van der Waals surface area (Å²) >= 11 is 0. The van der Waals surface area contributed by atoms with Crippen LogP contribution in [0.25, 0.3) is 0 Å². The smallest absolute Gasteiger partial charge is 0.251 e. The molecule has 7 nitrogen and oxygen atoms in total. The number of carbonyl (C=O) groups excluding carboxylic acids is 1. The van der Waals surface area contributed by atoms with Crippen LogP contribution >= 0.6 is 0 Å². The van der Waals surface area contributed by atoms with Crippen LogP contribution in [0.3, 0.4) is 0 Å². The fraction of sp³-hybridized carbons (Fsp3) is 0.412. The third-order valence-corrected chi connectivity index (χ3v) is 3.98. The second-order valence-electron chi connectivity index (χ2n) is 5.82. The van der Waals surface area contributed by atoms with Crippen molar-refractivity contribution in [1.82, 2.24) is 19.9 Å². The van der Waals surface area contributed by atoms with E-state index in [0.717, 1.165) is 5.56 Å². The van der Waals surface area contributed by atoms with Gasteiger partial charge in [-0.3, -0.25) is 14.6 Å². The summed E-state index contributed by atoms with van der Waals surface area (Å²) < 4.78 is 5.70. The number of ether oxygens (including phenoxy) is 1. The molecule has 0 aliphatic carbocycles. The van der Waals surface area contributed by atoms with Crippen LogP contribution in [0.5, 0.6) is 0 Å². The van der Waals surface area contributed by atoms with E-state index in [2.05, 4.69) is 15.0 Å². The lowest BCUT2D eigenvalue weighted by Gasteiger charge is -2.32. The number of rotatable bonds is 4. The number of pyridine rings is 1. The summed E-state index contributed by atoms with van der Waals surface area (Å²) in [6.45, 7) is 3.15. The molecule has 1 amide bonds. The van der Waals surface area contributed by atoms with Crippen molar-refractivity contribution in [2.45, 2.75) is 25.9 Å². The second kappa shape index (κ2) is 7.35. The zero-order valence-corrected chi connectivity index (χ0v) is 13.6. The molecule has 2 aromatic heterocycles. The van der Waals surface area contributed by atoms with Gasteiger partial charge in [0.25, 0.3) is 5.56 Å². The van der Waals surface area contributed by atoms with Crippen molar-refractivity contribution in [2.75, 3.05) is 19.7 Å². The molecule has 0 unspecified atom stereocenters. The topological polar surface area (TPSA) is 88.2 Å². The highest BCUT2D eigenvalue weighted by molar-refractivity contribution is 5.76. The molecule has 2 aromatic rings. The van der Waals surface area contributed by atoms with Crippen LogP contribution < -0.4 is 5.56 Å². The molecule has 0 aromatic carbocycles. The van der Waals surface area contributed by atoms with E-state index in [1.54, 1.807) is 24.2 Å². The highest BCUT2D eigenvalue weighted by Gasteiger charge is 2.26. The predicted molar refractivity (Wildman–Crippen MR) is 87.4 cm³/mol. The van der Waals surface area contributed by atoms with Gasteiger partial charge in [-0.1, -0.05) is 6.07 Å². The number of aromatic amines is 1. The summed E-state index contributed by atoms with van der Waals surface area (Å²) in [6.07, 6.45) is 4.23. The largest absolute Gasteiger partial charge is 0.368 e. The Bertz CT molecular complexity index is 760. The van der Waals surface area contributed by atoms with Crippen LogP contribution in [0.1, 0.15) is 29.6 Å². The minimum atomic E-state index is -0.359. The lowest BCUT2D eigenvalue weighted by atomic mass is 10.1. The van der Waals surface area contributed by atoms with Crippen molar-refractivity contribution in [3.05, 3.63) is 58.0 Å². The van der Waals surface area contributed by atoms with Gasteiger partial charge < -0.3 is 14.6 Å². The summed E-state index contributed by atoms with van der Waals surface area (Å²) in [4.78, 5) is 36.8. The third kappa shape index (κ3) is 4.05. The van der Waals surface area contributed by atoms with Gasteiger partial charge in [0.15, 0.2) is 0 Å². The average Bonchev–Trinajstić information content (AvgIpc) is 2.60. The van der Waals surface area contributed by atoms with Gasteiger partial charge in [0.1, 0.15) is 11.9 Å². The summed E-state index contributed by atoms with van der Waals surface area (Å²) in [5.41, 5.74) is 1.41. The van der Waals surface area contributed by atoms with Gasteiger partial charge in [0.05, 0.1) is 18.8 Å². The monoisotopic (exact) mass is 328 g/mol. The molecule has 1 aliphatic heterocycles. The number of hydrogen-bond acceptors (Lipinski definition) is 5. The molecule has 126 valence electrons. The lowest BCUT2D eigenvalue weighted by molar-refractivity contribution is -0.139. The molecule has 1 fully saturated rings. The first-order valence-corrected chi connectivity index (χ1v) is 7.98. The summed E-state index contributed by atoms with van der Waals surface area (Å²) in [5.74, 6) is 0.620. The van der Waals surface area contributed by atoms with Crippen LogP contribution in [-0.4, -0.2) is 45.5 Å². The van der Waals surface area contributed by atoms with Crippen molar-refractivity contribution in [2.24, 2.45) is 0 Å². The number of H-pyrrole nitrogens is 1. The molecule has 3 rings (SSSR count). The minimum absolute atomic E-state index is 0.0775. The van der Waals surface area contributed by atoms with Crippen molar-refractivity contribution < 1.29 is 9.53 Å². The van der Waals surface area contributed by atoms with Crippen molar-refractivity contribution in [1.29, 1.82) is 0 Å². The van der Waals surface area contributed by atoms with Crippen LogP contribution in [-0.2, 0) is 16.0 Å². The molecule has 0 spiro atoms. The normalized spacial score (nSPS) is 17.7. The number of amides is 1. The maximum Gasteiger partial charge on any atom is 0.251 e. The Morgan fingerprint density at radius 1 is 1.50 bits per heavy atom. The number of carbonyl (C=O) groups is 1. The standard InChI is InChI=1S/C17H20N4O3/c1-12-19-14(9-16(22)20-12)15-11-21(7-8-24-15)17(23)5-4-13-3-2-6-18-10-13/h2-3,6,9-10,15H,4-5,7-8,11H2,1H3,(H,19,20,22)/t15-/m1/s1. The van der Waals surface area contributed by atoms with Crippen LogP contribution in [0, 0.1) is 6.92 Å². The zero-order chi connectivity index (χ0) is 16.9. The summed E-state index contributed by atoms with van der Waals surface area (Å²) in [5, 5.41) is 0. The number of aromatic nitrogens is 3. The van der Waals surface area contributed by atoms with Gasteiger partial charge in [-0.25, -0.2) is 4.98 Å². The second-order valence-corrected chi connectivity index (χ2v) is 5.82. The fourth-order valence-electron chi connectivity index (χ4n) is 2.78. The summed E-state index contributed by atoms with van der Waals surface area (Å²) in [6, 6.07) is 5.26. The average molecular weight is 328 g/mol. The molecule has 1 atom stereocenters. The quantitative estimate of drug-likeness (QED) is 0.905. The highest BCUT2D eigenvalue weighted by Crippen LogP contribution is 2.20. The predicted octanol–water partition coefficient (Wildman–Crippen LogP) is 1.01. The fourth-order valence-corrected chi connectivity index (χ4v) is 2.78. The third-order valence-electron chi connectivity index (χ3n) is 3.98. The Kier molecular flexibility index (Phi) is 5.00. The number of nitrogens with zero attached hydrogens (tertiary/aromatic N) is 3. The highest BCUT2D eigenvalue weighted by atomic mass is 16.5. The Labute approximate surface area is 139 Å². The van der Waals surface area contributed by atoms with E-state index in [4.69, 9.17) is 4.74 Å². The zero-order valence-electron chi connectivity index (χ0n) is 13.6. The van der Waals surface area contributed by atoms with E-state index in [9.17, 15) is 9.59 Å². The molecule has 24 heavy (non-hydrogen) atoms. The molecule has 0 bridgehead atoms. The van der Waals surface area contributed by atoms with Gasteiger partial charge in [-0.05, 0) is 25.0 Å². The van der Waals surface area contributed by atoms with E-state index in [0.29, 0.717) is 44.1 Å². The molecule has 1 aliphatic rings. The van der Waals surface area contributed by atoms with Crippen molar-refractivity contribution in [3.8, 4) is 0 Å². The first-order valence-electron chi connectivity index (χ1n) is 7.98. The number of morpholine rings is 1. The summed E-state index contributed by atoms with van der Waals surface area (Å²) in [7, 11) is 0. The molecule has 0 radical (unpaired) electrons. The van der Waals surface area contributed by atoms with E-state index in [1.165, 1.54) is 6.07 Å². The molecule has 3 heterocycles. The molecule has 7 heteroatoms.